The molecule has 19 heavy (non-hydrogen) atoms. The first-order valence-corrected chi connectivity index (χ1v) is 7.20. The number of amides is 1. The molecule has 2 N–H and O–H groups in total. The Bertz CT molecular complexity index is 338. The Labute approximate surface area is 113 Å². The van der Waals surface area contributed by atoms with Crippen molar-refractivity contribution in [1.82, 2.24) is 5.32 Å². The molecule has 5 heteroatoms. The number of carboxylic acids is 1. The number of hydrogen-bond acceptors (Lipinski definition) is 3. The average molecular weight is 269 g/mol. The number of carboxylic acid groups (broad SMARTS) is 1. The van der Waals surface area contributed by atoms with Gasteiger partial charge in [0.05, 0.1) is 17.9 Å². The molecule has 5 nitrogen and oxygen atoms in total. The largest absolute Gasteiger partial charge is 0.481 e. The number of ether oxygens (including phenoxy) is 1. The van der Waals surface area contributed by atoms with Gasteiger partial charge in [-0.25, -0.2) is 0 Å². The number of aliphatic carboxylic acids is 1. The molecule has 1 saturated heterocycles. The Kier molecular flexibility index (Phi) is 4.80. The Hall–Kier alpha value is -1.10. The maximum Gasteiger partial charge on any atom is 0.307 e. The van der Waals surface area contributed by atoms with E-state index in [1.165, 1.54) is 0 Å². The molecule has 0 radical (unpaired) electrons. The third kappa shape index (κ3) is 3.69. The second-order valence-corrected chi connectivity index (χ2v) is 5.84. The topological polar surface area (TPSA) is 75.6 Å². The third-order valence-electron chi connectivity index (χ3n) is 4.24. The van der Waals surface area contributed by atoms with Crippen LogP contribution in [-0.2, 0) is 14.3 Å². The van der Waals surface area contributed by atoms with Gasteiger partial charge in [0.2, 0.25) is 5.91 Å². The van der Waals surface area contributed by atoms with E-state index in [1.54, 1.807) is 0 Å². The number of carbonyl (C=O) groups excluding carboxylic acids is 1. The van der Waals surface area contributed by atoms with Gasteiger partial charge in [0.25, 0.3) is 0 Å². The van der Waals surface area contributed by atoms with Crippen LogP contribution in [-0.4, -0.2) is 36.2 Å². The molecule has 0 bridgehead atoms. The van der Waals surface area contributed by atoms with Crippen molar-refractivity contribution < 1.29 is 19.4 Å². The van der Waals surface area contributed by atoms with E-state index in [0.29, 0.717) is 25.3 Å². The first-order chi connectivity index (χ1) is 9.08. The van der Waals surface area contributed by atoms with E-state index in [1.807, 2.05) is 6.92 Å². The van der Waals surface area contributed by atoms with Gasteiger partial charge in [-0.05, 0) is 38.0 Å². The number of carbonyl (C=O) groups is 2. The molecule has 0 spiro atoms. The first-order valence-electron chi connectivity index (χ1n) is 7.20. The summed E-state index contributed by atoms with van der Waals surface area (Å²) in [6, 6.07) is 0. The molecule has 0 aromatic heterocycles. The van der Waals surface area contributed by atoms with E-state index in [2.05, 4.69) is 5.32 Å². The van der Waals surface area contributed by atoms with Gasteiger partial charge < -0.3 is 15.2 Å². The lowest BCUT2D eigenvalue weighted by atomic mass is 9.95. The van der Waals surface area contributed by atoms with E-state index in [9.17, 15) is 9.59 Å². The quantitative estimate of drug-likeness (QED) is 0.791. The van der Waals surface area contributed by atoms with Crippen LogP contribution in [0.15, 0.2) is 0 Å². The Balaban J connectivity index is 1.76. The summed E-state index contributed by atoms with van der Waals surface area (Å²) < 4.78 is 5.49. The fourth-order valence-corrected chi connectivity index (χ4v) is 3.21. The normalized spacial score (nSPS) is 34.4. The van der Waals surface area contributed by atoms with Crippen LogP contribution >= 0.6 is 0 Å². The molecule has 1 aliphatic carbocycles. The highest BCUT2D eigenvalue weighted by atomic mass is 16.5. The number of nitrogens with one attached hydrogen (secondary N) is 1. The molecule has 4 unspecified atom stereocenters. The molecular weight excluding hydrogens is 246 g/mol. The Morgan fingerprint density at radius 2 is 2.05 bits per heavy atom. The van der Waals surface area contributed by atoms with E-state index >= 15 is 0 Å². The van der Waals surface area contributed by atoms with Crippen molar-refractivity contribution >= 4 is 11.9 Å². The van der Waals surface area contributed by atoms with E-state index in [4.69, 9.17) is 9.84 Å². The molecule has 4 atom stereocenters. The highest BCUT2D eigenvalue weighted by Gasteiger charge is 2.41. The van der Waals surface area contributed by atoms with Crippen molar-refractivity contribution in [3.63, 3.8) is 0 Å². The molecule has 0 aromatic rings. The standard InChI is InChI=1S/C14H23NO4/c1-9-7-11(12(8-9)14(17)18)13(16)15-5-4-10-3-2-6-19-10/h9-12H,2-8H2,1H3,(H,15,16)(H,17,18). The zero-order valence-corrected chi connectivity index (χ0v) is 11.4. The van der Waals surface area contributed by atoms with Crippen LogP contribution in [0.5, 0.6) is 0 Å². The van der Waals surface area contributed by atoms with Gasteiger partial charge in [-0.3, -0.25) is 9.59 Å². The lowest BCUT2D eigenvalue weighted by molar-refractivity contribution is -0.146. The maximum atomic E-state index is 12.1. The summed E-state index contributed by atoms with van der Waals surface area (Å²) in [5, 5.41) is 12.0. The molecular formula is C14H23NO4. The molecule has 0 aromatic carbocycles. The highest BCUT2D eigenvalue weighted by molar-refractivity contribution is 5.85. The predicted molar refractivity (Wildman–Crippen MR) is 69.6 cm³/mol. The smallest absolute Gasteiger partial charge is 0.307 e. The first kappa shape index (κ1) is 14.3. The van der Waals surface area contributed by atoms with Crippen LogP contribution in [0.2, 0.25) is 0 Å². The number of hydrogen-bond donors (Lipinski definition) is 2. The van der Waals surface area contributed by atoms with Crippen molar-refractivity contribution in [2.24, 2.45) is 17.8 Å². The lowest BCUT2D eigenvalue weighted by Crippen LogP contribution is -2.36. The highest BCUT2D eigenvalue weighted by Crippen LogP contribution is 2.36. The lowest BCUT2D eigenvalue weighted by Gasteiger charge is -2.16. The van der Waals surface area contributed by atoms with Crippen LogP contribution < -0.4 is 5.32 Å². The molecule has 1 saturated carbocycles. The predicted octanol–water partition coefficient (Wildman–Crippen LogP) is 1.42. The van der Waals surface area contributed by atoms with Crippen LogP contribution in [0.4, 0.5) is 0 Å². The molecule has 108 valence electrons. The zero-order chi connectivity index (χ0) is 13.8. The van der Waals surface area contributed by atoms with Crippen LogP contribution in [0.1, 0.15) is 39.0 Å². The summed E-state index contributed by atoms with van der Waals surface area (Å²) in [6.07, 6.45) is 4.54. The van der Waals surface area contributed by atoms with E-state index in [-0.39, 0.29) is 17.9 Å². The third-order valence-corrected chi connectivity index (χ3v) is 4.24. The van der Waals surface area contributed by atoms with Crippen molar-refractivity contribution in [2.75, 3.05) is 13.2 Å². The monoisotopic (exact) mass is 269 g/mol. The van der Waals surface area contributed by atoms with Crippen LogP contribution in [0.3, 0.4) is 0 Å². The van der Waals surface area contributed by atoms with Gasteiger partial charge in [0.15, 0.2) is 0 Å². The molecule has 2 fully saturated rings. The second-order valence-electron chi connectivity index (χ2n) is 5.84. The second kappa shape index (κ2) is 6.37. The zero-order valence-electron chi connectivity index (χ0n) is 11.4. The van der Waals surface area contributed by atoms with Gasteiger partial charge in [0, 0.05) is 13.2 Å². The minimum Gasteiger partial charge on any atom is -0.481 e. The van der Waals surface area contributed by atoms with Crippen molar-refractivity contribution in [3.05, 3.63) is 0 Å². The molecule has 2 rings (SSSR count). The summed E-state index contributed by atoms with van der Waals surface area (Å²) in [5.74, 6) is -1.51. The molecule has 1 aliphatic heterocycles. The average Bonchev–Trinajstić information content (AvgIpc) is 2.98. The minimum atomic E-state index is -0.844. The van der Waals surface area contributed by atoms with Gasteiger partial charge in [-0.15, -0.1) is 0 Å². The van der Waals surface area contributed by atoms with E-state index < -0.39 is 11.9 Å². The summed E-state index contributed by atoms with van der Waals surface area (Å²) in [4.78, 5) is 23.2. The van der Waals surface area contributed by atoms with Gasteiger partial charge >= 0.3 is 5.97 Å². The van der Waals surface area contributed by atoms with Crippen LogP contribution in [0, 0.1) is 17.8 Å². The molecule has 2 aliphatic rings. The van der Waals surface area contributed by atoms with Gasteiger partial charge in [-0.2, -0.15) is 0 Å². The SMILES string of the molecule is CC1CC(C(=O)O)C(C(=O)NCCC2CCCO2)C1. The Morgan fingerprint density at radius 3 is 2.68 bits per heavy atom. The minimum absolute atomic E-state index is 0.102. The summed E-state index contributed by atoms with van der Waals surface area (Å²) in [5.41, 5.74) is 0. The molecule has 1 amide bonds. The summed E-state index contributed by atoms with van der Waals surface area (Å²) in [7, 11) is 0. The Morgan fingerprint density at radius 1 is 1.32 bits per heavy atom. The van der Waals surface area contributed by atoms with Crippen molar-refractivity contribution in [2.45, 2.75) is 45.1 Å². The van der Waals surface area contributed by atoms with E-state index in [0.717, 1.165) is 25.9 Å². The fourth-order valence-electron chi connectivity index (χ4n) is 3.21. The number of rotatable bonds is 5. The summed E-state index contributed by atoms with van der Waals surface area (Å²) in [6.45, 7) is 3.41. The van der Waals surface area contributed by atoms with Crippen molar-refractivity contribution in [3.8, 4) is 0 Å². The van der Waals surface area contributed by atoms with Crippen molar-refractivity contribution in [1.29, 1.82) is 0 Å². The maximum absolute atomic E-state index is 12.1. The fraction of sp³-hybridized carbons (Fsp3) is 0.857. The van der Waals surface area contributed by atoms with Gasteiger partial charge in [0.1, 0.15) is 0 Å². The molecule has 1 heterocycles. The summed E-state index contributed by atoms with van der Waals surface area (Å²) >= 11 is 0. The van der Waals surface area contributed by atoms with Gasteiger partial charge in [-0.1, -0.05) is 6.92 Å². The van der Waals surface area contributed by atoms with Crippen LogP contribution in [0.25, 0.3) is 0 Å².